The van der Waals surface area contributed by atoms with E-state index >= 15 is 0 Å². The van der Waals surface area contributed by atoms with E-state index in [0.717, 1.165) is 21.3 Å². The molecule has 116 valence electrons. The molecule has 1 N–H and O–H groups in total. The number of likely N-dealkylation sites (tertiary alicyclic amines) is 1. The number of hydrogen-bond acceptors (Lipinski definition) is 4. The van der Waals surface area contributed by atoms with Crippen LogP contribution in [0.25, 0.3) is 10.2 Å². The Bertz CT molecular complexity index is 783. The first-order chi connectivity index (χ1) is 10.3. The second-order valence-electron chi connectivity index (χ2n) is 6.21. The Balaban J connectivity index is 1.96. The summed E-state index contributed by atoms with van der Waals surface area (Å²) in [5, 5.41) is 10.3. The Hall–Kier alpha value is -1.95. The average molecular weight is 318 g/mol. The molecule has 0 aromatic carbocycles. The Morgan fingerprint density at radius 1 is 1.41 bits per heavy atom. The molecule has 0 bridgehead atoms. The van der Waals surface area contributed by atoms with Gasteiger partial charge in [0.05, 0.1) is 10.3 Å². The molecule has 3 heterocycles. The maximum atomic E-state index is 12.8. The van der Waals surface area contributed by atoms with Crippen LogP contribution in [0.5, 0.6) is 0 Å². The highest BCUT2D eigenvalue weighted by atomic mass is 32.1. The van der Waals surface area contributed by atoms with E-state index in [2.05, 4.69) is 4.98 Å². The van der Waals surface area contributed by atoms with Crippen LogP contribution in [0.1, 0.15) is 34.1 Å². The zero-order chi connectivity index (χ0) is 16.1. The van der Waals surface area contributed by atoms with Crippen LogP contribution in [0.3, 0.4) is 0 Å². The van der Waals surface area contributed by atoms with Gasteiger partial charge in [0, 0.05) is 24.7 Å². The number of carboxylic acid groups (broad SMARTS) is 1. The van der Waals surface area contributed by atoms with Gasteiger partial charge in [-0.15, -0.1) is 11.3 Å². The summed E-state index contributed by atoms with van der Waals surface area (Å²) in [4.78, 5) is 31.6. The number of thiophene rings is 1. The summed E-state index contributed by atoms with van der Waals surface area (Å²) in [6.07, 6.45) is 2.24. The lowest BCUT2D eigenvalue weighted by Gasteiger charge is -2.20. The summed E-state index contributed by atoms with van der Waals surface area (Å²) in [5.41, 5.74) is 1.21. The van der Waals surface area contributed by atoms with E-state index in [0.29, 0.717) is 17.8 Å². The van der Waals surface area contributed by atoms with E-state index in [1.165, 1.54) is 11.3 Å². The largest absolute Gasteiger partial charge is 0.481 e. The summed E-state index contributed by atoms with van der Waals surface area (Å²) in [6.45, 7) is 6.40. The van der Waals surface area contributed by atoms with Gasteiger partial charge in [-0.3, -0.25) is 9.59 Å². The summed E-state index contributed by atoms with van der Waals surface area (Å²) >= 11 is 1.39. The summed E-state index contributed by atoms with van der Waals surface area (Å²) in [7, 11) is 0. The van der Waals surface area contributed by atoms with Crippen molar-refractivity contribution < 1.29 is 14.7 Å². The first kappa shape index (κ1) is 15.0. The van der Waals surface area contributed by atoms with E-state index < -0.39 is 11.4 Å². The molecule has 2 aromatic rings. The zero-order valence-electron chi connectivity index (χ0n) is 12.8. The van der Waals surface area contributed by atoms with E-state index in [1.54, 1.807) is 18.0 Å². The minimum atomic E-state index is -0.839. The molecule has 5 nitrogen and oxygen atoms in total. The van der Waals surface area contributed by atoms with E-state index in [9.17, 15) is 14.7 Å². The Kier molecular flexibility index (Phi) is 3.44. The molecule has 6 heteroatoms. The predicted molar refractivity (Wildman–Crippen MR) is 85.4 cm³/mol. The highest BCUT2D eigenvalue weighted by Gasteiger charge is 2.42. The van der Waals surface area contributed by atoms with Gasteiger partial charge in [-0.2, -0.15) is 0 Å². The van der Waals surface area contributed by atoms with Gasteiger partial charge in [0.25, 0.3) is 5.91 Å². The molecule has 0 radical (unpaired) electrons. The number of rotatable bonds is 2. The van der Waals surface area contributed by atoms with Gasteiger partial charge in [-0.1, -0.05) is 0 Å². The summed E-state index contributed by atoms with van der Waals surface area (Å²) in [6, 6.07) is 1.94. The number of aromatic nitrogens is 1. The molecule has 0 spiro atoms. The Labute approximate surface area is 132 Å². The third kappa shape index (κ3) is 2.18. The molecule has 2 aromatic heterocycles. The SMILES string of the molecule is Cc1ccnc2sc(C(=O)N3CCC(C)(C(=O)O)C3)c(C)c12. The molecular formula is C16H18N2O3S. The van der Waals surface area contributed by atoms with E-state index in [1.807, 2.05) is 19.9 Å². The van der Waals surface area contributed by atoms with Crippen molar-refractivity contribution in [2.45, 2.75) is 27.2 Å². The molecule has 1 saturated heterocycles. The first-order valence-corrected chi connectivity index (χ1v) is 8.02. The molecular weight excluding hydrogens is 300 g/mol. The molecule has 1 unspecified atom stereocenters. The summed E-state index contributed by atoms with van der Waals surface area (Å²) < 4.78 is 0. The number of aliphatic carboxylic acids is 1. The lowest BCUT2D eigenvalue weighted by Crippen LogP contribution is -2.34. The third-order valence-corrected chi connectivity index (χ3v) is 5.70. The van der Waals surface area contributed by atoms with Gasteiger partial charge >= 0.3 is 5.97 Å². The van der Waals surface area contributed by atoms with Crippen LogP contribution in [-0.4, -0.2) is 40.0 Å². The fourth-order valence-electron chi connectivity index (χ4n) is 3.01. The molecule has 0 saturated carbocycles. The molecule has 1 aliphatic heterocycles. The smallest absolute Gasteiger partial charge is 0.311 e. The van der Waals surface area contributed by atoms with Gasteiger partial charge < -0.3 is 10.0 Å². The van der Waals surface area contributed by atoms with Crippen molar-refractivity contribution in [3.8, 4) is 0 Å². The van der Waals surface area contributed by atoms with Gasteiger partial charge in [-0.05, 0) is 44.4 Å². The Morgan fingerprint density at radius 3 is 2.73 bits per heavy atom. The third-order valence-electron chi connectivity index (χ3n) is 4.51. The number of carboxylic acids is 1. The second kappa shape index (κ2) is 5.05. The molecule has 1 amide bonds. The molecule has 1 fully saturated rings. The summed E-state index contributed by atoms with van der Waals surface area (Å²) in [5.74, 6) is -0.918. The van der Waals surface area contributed by atoms with Crippen molar-refractivity contribution in [3.63, 3.8) is 0 Å². The molecule has 22 heavy (non-hydrogen) atoms. The zero-order valence-corrected chi connectivity index (χ0v) is 13.7. The maximum Gasteiger partial charge on any atom is 0.311 e. The number of fused-ring (bicyclic) bond motifs is 1. The topological polar surface area (TPSA) is 70.5 Å². The number of carbonyl (C=O) groups is 2. The number of aryl methyl sites for hydroxylation is 2. The number of nitrogens with zero attached hydrogens (tertiary/aromatic N) is 2. The lowest BCUT2D eigenvalue weighted by molar-refractivity contribution is -0.147. The maximum absolute atomic E-state index is 12.8. The van der Waals surface area contributed by atoms with E-state index in [4.69, 9.17) is 0 Å². The fraction of sp³-hybridized carbons (Fsp3) is 0.438. The standard InChI is InChI=1S/C16H18N2O3S/c1-9-4-6-17-13-11(9)10(2)12(22-13)14(19)18-7-5-16(3,8-18)15(20)21/h4,6H,5,7-8H2,1-3H3,(H,20,21). The van der Waals surface area contributed by atoms with Crippen molar-refractivity contribution in [2.24, 2.45) is 5.41 Å². The number of hydrogen-bond donors (Lipinski definition) is 1. The quantitative estimate of drug-likeness (QED) is 0.924. The predicted octanol–water partition coefficient (Wildman–Crippen LogP) is 2.85. The Morgan fingerprint density at radius 2 is 2.14 bits per heavy atom. The van der Waals surface area contributed by atoms with Crippen LogP contribution in [0, 0.1) is 19.3 Å². The molecule has 3 rings (SSSR count). The van der Waals surface area contributed by atoms with Crippen molar-refractivity contribution in [2.75, 3.05) is 13.1 Å². The van der Waals surface area contributed by atoms with Gasteiger partial charge in [0.15, 0.2) is 0 Å². The van der Waals surface area contributed by atoms with Crippen LogP contribution in [0.15, 0.2) is 12.3 Å². The van der Waals surface area contributed by atoms with Crippen molar-refractivity contribution in [1.82, 2.24) is 9.88 Å². The van der Waals surface area contributed by atoms with Crippen LogP contribution >= 0.6 is 11.3 Å². The van der Waals surface area contributed by atoms with Crippen LogP contribution < -0.4 is 0 Å². The normalized spacial score (nSPS) is 21.5. The van der Waals surface area contributed by atoms with Crippen LogP contribution in [0.4, 0.5) is 0 Å². The van der Waals surface area contributed by atoms with Crippen molar-refractivity contribution in [3.05, 3.63) is 28.3 Å². The molecule has 1 aliphatic rings. The van der Waals surface area contributed by atoms with Crippen LogP contribution in [0.2, 0.25) is 0 Å². The van der Waals surface area contributed by atoms with Crippen LogP contribution in [-0.2, 0) is 4.79 Å². The van der Waals surface area contributed by atoms with Crippen molar-refractivity contribution >= 4 is 33.4 Å². The average Bonchev–Trinajstić information content (AvgIpc) is 3.02. The minimum Gasteiger partial charge on any atom is -0.481 e. The highest BCUT2D eigenvalue weighted by molar-refractivity contribution is 7.20. The number of carbonyl (C=O) groups excluding carboxylic acids is 1. The minimum absolute atomic E-state index is 0.0788. The fourth-order valence-corrected chi connectivity index (χ4v) is 4.20. The lowest BCUT2D eigenvalue weighted by atomic mass is 9.90. The van der Waals surface area contributed by atoms with Gasteiger partial charge in [-0.25, -0.2) is 4.98 Å². The monoisotopic (exact) mass is 318 g/mol. The first-order valence-electron chi connectivity index (χ1n) is 7.21. The highest BCUT2D eigenvalue weighted by Crippen LogP contribution is 2.35. The van der Waals surface area contributed by atoms with Gasteiger partial charge in [0.2, 0.25) is 0 Å². The van der Waals surface area contributed by atoms with Crippen molar-refractivity contribution in [1.29, 1.82) is 0 Å². The number of amides is 1. The van der Waals surface area contributed by atoms with Gasteiger partial charge in [0.1, 0.15) is 4.83 Å². The molecule has 1 atom stereocenters. The number of pyridine rings is 1. The second-order valence-corrected chi connectivity index (χ2v) is 7.21. The molecule has 0 aliphatic carbocycles. The van der Waals surface area contributed by atoms with E-state index in [-0.39, 0.29) is 12.5 Å².